The van der Waals surface area contributed by atoms with Gasteiger partial charge in [0, 0.05) is 18.7 Å². The number of hydrogen-bond donors (Lipinski definition) is 2. The third-order valence-electron chi connectivity index (χ3n) is 3.61. The number of nitrogens with one attached hydrogen (secondary N) is 2. The molecule has 0 bridgehead atoms. The molecule has 2 rings (SSSR count). The molecule has 0 aliphatic carbocycles. The Morgan fingerprint density at radius 3 is 2.59 bits per heavy atom. The van der Waals surface area contributed by atoms with Crippen LogP contribution in [0.1, 0.15) is 24.2 Å². The molecule has 29 heavy (non-hydrogen) atoms. The summed E-state index contributed by atoms with van der Waals surface area (Å²) in [6, 6.07) is 11.4. The van der Waals surface area contributed by atoms with Crippen LogP contribution in [-0.4, -0.2) is 36.7 Å². The minimum absolute atomic E-state index is 0.103. The smallest absolute Gasteiger partial charge is 0.317 e. The predicted octanol–water partition coefficient (Wildman–Crippen LogP) is 1.98. The van der Waals surface area contributed by atoms with Gasteiger partial charge in [-0.15, -0.1) is 0 Å². The van der Waals surface area contributed by atoms with Gasteiger partial charge in [-0.3, -0.25) is 14.4 Å². The van der Waals surface area contributed by atoms with Crippen LogP contribution in [0.5, 0.6) is 0 Å². The molecule has 0 unspecified atom stereocenters. The maximum atomic E-state index is 12.3. The third kappa shape index (κ3) is 7.46. The number of pyridine rings is 1. The molecule has 154 valence electrons. The number of amides is 2. The second kappa shape index (κ2) is 11.1. The Morgan fingerprint density at radius 2 is 1.86 bits per heavy atom. The number of nitrogens with zero attached hydrogens (tertiary/aromatic N) is 1. The molecule has 0 saturated heterocycles. The maximum absolute atomic E-state index is 12.3. The minimum atomic E-state index is -0.628. The summed E-state index contributed by atoms with van der Waals surface area (Å²) in [4.78, 5) is 36.2. The molecule has 0 spiro atoms. The Kier molecular flexibility index (Phi) is 8.47. The van der Waals surface area contributed by atoms with Gasteiger partial charge in [0.25, 0.3) is 16.8 Å². The summed E-state index contributed by atoms with van der Waals surface area (Å²) < 4.78 is 5.58. The van der Waals surface area contributed by atoms with Gasteiger partial charge in [0.1, 0.15) is 5.75 Å². The summed E-state index contributed by atoms with van der Waals surface area (Å²) in [5.74, 6) is -1.29. The Balaban J connectivity index is 1.84. The van der Waals surface area contributed by atoms with Crippen molar-refractivity contribution in [1.29, 1.82) is 0 Å². The van der Waals surface area contributed by atoms with Crippen LogP contribution in [-0.2, 0) is 14.3 Å². The molecule has 0 radical (unpaired) electrons. The first-order valence-electron chi connectivity index (χ1n) is 9.00. The lowest BCUT2D eigenvalue weighted by atomic mass is 10.1. The van der Waals surface area contributed by atoms with Gasteiger partial charge in [-0.1, -0.05) is 26.0 Å². The lowest BCUT2D eigenvalue weighted by Gasteiger charge is -2.12. The number of esters is 1. The quantitative estimate of drug-likeness (QED) is 0.279. The second-order valence-corrected chi connectivity index (χ2v) is 7.51. The highest BCUT2D eigenvalue weighted by Gasteiger charge is 2.15. The maximum Gasteiger partial charge on any atom is 0.317 e. The summed E-state index contributed by atoms with van der Waals surface area (Å²) in [5.41, 5.74) is 0.660. The number of carbonyl (C=O) groups excluding carboxylic acids is 3. The van der Waals surface area contributed by atoms with Crippen molar-refractivity contribution in [3.8, 4) is 0 Å². The molecule has 0 aliphatic heterocycles. The fourth-order valence-corrected chi connectivity index (χ4v) is 2.93. The van der Waals surface area contributed by atoms with E-state index in [9.17, 15) is 19.6 Å². The number of carbonyl (C=O) groups is 3. The Hall–Kier alpha value is -3.07. The fraction of sp³-hybridized carbons (Fsp3) is 0.300. The van der Waals surface area contributed by atoms with Crippen LogP contribution in [0, 0.1) is 11.1 Å². The van der Waals surface area contributed by atoms with E-state index in [0.29, 0.717) is 33.5 Å². The van der Waals surface area contributed by atoms with E-state index in [2.05, 4.69) is 10.6 Å². The molecule has 0 aliphatic rings. The Bertz CT molecular complexity index is 873. The normalized spacial score (nSPS) is 10.4. The van der Waals surface area contributed by atoms with Gasteiger partial charge >= 0.3 is 5.97 Å². The highest BCUT2D eigenvalue weighted by Crippen LogP contribution is 2.15. The highest BCUT2D eigenvalue weighted by molar-refractivity contribution is 7.99. The second-order valence-electron chi connectivity index (χ2n) is 6.51. The van der Waals surface area contributed by atoms with Crippen molar-refractivity contribution < 1.29 is 23.9 Å². The SMILES string of the molecule is CC(C)CNC(=O)c1ccccc1NC(=O)COC(=O)CSc1cccc[n+]1[O-]. The third-order valence-corrected chi connectivity index (χ3v) is 4.60. The lowest BCUT2D eigenvalue weighted by Crippen LogP contribution is -2.29. The lowest BCUT2D eigenvalue weighted by molar-refractivity contribution is -0.645. The number of benzene rings is 1. The number of hydrogen-bond acceptors (Lipinski definition) is 6. The minimum Gasteiger partial charge on any atom is -0.618 e. The van der Waals surface area contributed by atoms with Gasteiger partial charge in [-0.05, 0) is 35.9 Å². The van der Waals surface area contributed by atoms with Crippen molar-refractivity contribution >= 4 is 35.2 Å². The van der Waals surface area contributed by atoms with Crippen molar-refractivity contribution in [2.75, 3.05) is 24.2 Å². The largest absolute Gasteiger partial charge is 0.618 e. The topological polar surface area (TPSA) is 111 Å². The molecule has 2 amide bonds. The van der Waals surface area contributed by atoms with E-state index in [1.807, 2.05) is 13.8 Å². The van der Waals surface area contributed by atoms with Crippen molar-refractivity contribution in [3.63, 3.8) is 0 Å². The summed E-state index contributed by atoms with van der Waals surface area (Å²) >= 11 is 1.02. The van der Waals surface area contributed by atoms with Crippen LogP contribution in [0.4, 0.5) is 5.69 Å². The molecule has 1 aromatic carbocycles. The molecule has 0 saturated carbocycles. The monoisotopic (exact) mass is 417 g/mol. The molecule has 0 fully saturated rings. The zero-order valence-corrected chi connectivity index (χ0v) is 17.0. The number of thioether (sulfide) groups is 1. The van der Waals surface area contributed by atoms with E-state index >= 15 is 0 Å². The summed E-state index contributed by atoms with van der Waals surface area (Å²) in [6.45, 7) is 3.98. The zero-order valence-electron chi connectivity index (χ0n) is 16.2. The standard InChI is InChI=1S/C20H23N3O5S/c1-14(2)11-21-20(26)15-7-3-4-8-16(15)22-17(24)12-28-19(25)13-29-18-9-5-6-10-23(18)27/h3-10,14H,11-13H2,1-2H3,(H,21,26)(H,22,24). The fourth-order valence-electron chi connectivity index (χ4n) is 2.21. The summed E-state index contributed by atoms with van der Waals surface area (Å²) in [6.07, 6.45) is 1.33. The van der Waals surface area contributed by atoms with E-state index < -0.39 is 18.5 Å². The van der Waals surface area contributed by atoms with E-state index in [1.54, 1.807) is 42.5 Å². The molecule has 1 aromatic heterocycles. The van der Waals surface area contributed by atoms with Crippen LogP contribution < -0.4 is 15.4 Å². The molecular formula is C20H23N3O5S. The van der Waals surface area contributed by atoms with Crippen LogP contribution >= 0.6 is 11.8 Å². The molecule has 2 N–H and O–H groups in total. The zero-order chi connectivity index (χ0) is 21.2. The van der Waals surface area contributed by atoms with Crippen molar-refractivity contribution in [2.45, 2.75) is 18.9 Å². The van der Waals surface area contributed by atoms with Gasteiger partial charge in [-0.25, -0.2) is 0 Å². The Labute approximate surface area is 173 Å². The first-order valence-corrected chi connectivity index (χ1v) is 9.99. The molecule has 9 heteroatoms. The van der Waals surface area contributed by atoms with Gasteiger partial charge in [-0.2, -0.15) is 4.73 Å². The van der Waals surface area contributed by atoms with E-state index in [1.165, 1.54) is 6.20 Å². The molecular weight excluding hydrogens is 394 g/mol. The highest BCUT2D eigenvalue weighted by atomic mass is 32.2. The first-order chi connectivity index (χ1) is 13.9. The number of ether oxygens (including phenoxy) is 1. The van der Waals surface area contributed by atoms with Crippen molar-refractivity contribution in [1.82, 2.24) is 5.32 Å². The van der Waals surface area contributed by atoms with E-state index in [4.69, 9.17) is 4.74 Å². The molecule has 2 aromatic rings. The number of rotatable bonds is 9. The van der Waals surface area contributed by atoms with Gasteiger partial charge in [0.15, 0.2) is 12.8 Å². The number of aromatic nitrogens is 1. The average molecular weight is 417 g/mol. The number of anilines is 1. The Morgan fingerprint density at radius 1 is 1.14 bits per heavy atom. The van der Waals surface area contributed by atoms with Gasteiger partial charge in [0.2, 0.25) is 0 Å². The average Bonchev–Trinajstić information content (AvgIpc) is 2.70. The molecule has 8 nitrogen and oxygen atoms in total. The van der Waals surface area contributed by atoms with Crippen molar-refractivity contribution in [2.24, 2.45) is 5.92 Å². The van der Waals surface area contributed by atoms with Crippen LogP contribution in [0.3, 0.4) is 0 Å². The first kappa shape index (κ1) is 22.2. The van der Waals surface area contributed by atoms with Gasteiger partial charge < -0.3 is 20.6 Å². The van der Waals surface area contributed by atoms with Gasteiger partial charge in [0.05, 0.1) is 11.3 Å². The predicted molar refractivity (Wildman–Crippen MR) is 109 cm³/mol. The summed E-state index contributed by atoms with van der Waals surface area (Å²) in [5, 5.41) is 17.2. The van der Waals surface area contributed by atoms with Crippen LogP contribution in [0.15, 0.2) is 53.7 Å². The molecule has 0 atom stereocenters. The van der Waals surface area contributed by atoms with Crippen molar-refractivity contribution in [3.05, 3.63) is 59.4 Å². The van der Waals surface area contributed by atoms with E-state index in [0.717, 1.165) is 11.8 Å². The van der Waals surface area contributed by atoms with Crippen LogP contribution in [0.2, 0.25) is 0 Å². The van der Waals surface area contributed by atoms with E-state index in [-0.39, 0.29) is 11.7 Å². The van der Waals surface area contributed by atoms with Crippen LogP contribution in [0.25, 0.3) is 0 Å². The molecule has 1 heterocycles. The summed E-state index contributed by atoms with van der Waals surface area (Å²) in [7, 11) is 0. The number of para-hydroxylation sites is 1.